The van der Waals surface area contributed by atoms with Gasteiger partial charge in [-0.05, 0) is 37.0 Å². The van der Waals surface area contributed by atoms with Crippen LogP contribution in [0.3, 0.4) is 0 Å². The van der Waals surface area contributed by atoms with Gasteiger partial charge in [-0.2, -0.15) is 0 Å². The Morgan fingerprint density at radius 3 is 2.43 bits per heavy atom. The van der Waals surface area contributed by atoms with Gasteiger partial charge in [0.2, 0.25) is 0 Å². The molecule has 0 aliphatic heterocycles. The van der Waals surface area contributed by atoms with Gasteiger partial charge in [0.1, 0.15) is 5.75 Å². The average molecular weight is 283 g/mol. The van der Waals surface area contributed by atoms with Gasteiger partial charge in [-0.25, -0.2) is 0 Å². The van der Waals surface area contributed by atoms with E-state index in [9.17, 15) is 0 Å². The number of hydrogen-bond acceptors (Lipinski definition) is 2. The Labute approximate surface area is 127 Å². The summed E-state index contributed by atoms with van der Waals surface area (Å²) in [6.07, 6.45) is 2.79. The molecule has 0 fully saturated rings. The lowest BCUT2D eigenvalue weighted by molar-refractivity contribution is 0.376. The third kappa shape index (κ3) is 3.64. The molecular formula is C19H25NO. The molecule has 1 atom stereocenters. The number of aryl methyl sites for hydroxylation is 1. The first kappa shape index (κ1) is 15.6. The fraction of sp³-hybridized carbons (Fsp3) is 0.368. The van der Waals surface area contributed by atoms with Crippen molar-refractivity contribution in [2.45, 2.75) is 38.6 Å². The zero-order valence-corrected chi connectivity index (χ0v) is 13.2. The van der Waals surface area contributed by atoms with Crippen molar-refractivity contribution in [3.05, 3.63) is 65.2 Å². The summed E-state index contributed by atoms with van der Waals surface area (Å²) in [7, 11) is 1.72. The molecule has 0 aromatic heterocycles. The first-order valence-electron chi connectivity index (χ1n) is 7.57. The van der Waals surface area contributed by atoms with Crippen molar-refractivity contribution in [2.24, 2.45) is 5.73 Å². The van der Waals surface area contributed by atoms with Crippen LogP contribution in [-0.4, -0.2) is 7.11 Å². The van der Waals surface area contributed by atoms with E-state index in [1.54, 1.807) is 7.11 Å². The standard InChI is InChI=1S/C19H25NO/c1-4-12-19(20,17-8-6-5-7-9-17)14-16-13-15(2)10-11-18(16)21-3/h5-11,13H,4,12,14,20H2,1-3H3. The monoisotopic (exact) mass is 283 g/mol. The molecule has 2 nitrogen and oxygen atoms in total. The summed E-state index contributed by atoms with van der Waals surface area (Å²) in [6, 6.07) is 16.7. The van der Waals surface area contributed by atoms with Gasteiger partial charge in [-0.3, -0.25) is 0 Å². The van der Waals surface area contributed by atoms with Gasteiger partial charge >= 0.3 is 0 Å². The fourth-order valence-electron chi connectivity index (χ4n) is 2.94. The van der Waals surface area contributed by atoms with Crippen LogP contribution in [-0.2, 0) is 12.0 Å². The van der Waals surface area contributed by atoms with Crippen molar-refractivity contribution in [1.82, 2.24) is 0 Å². The number of rotatable bonds is 6. The van der Waals surface area contributed by atoms with Gasteiger partial charge in [-0.15, -0.1) is 0 Å². The van der Waals surface area contributed by atoms with E-state index in [2.05, 4.69) is 50.2 Å². The SMILES string of the molecule is CCCC(N)(Cc1cc(C)ccc1OC)c1ccccc1. The van der Waals surface area contributed by atoms with Crippen molar-refractivity contribution in [1.29, 1.82) is 0 Å². The van der Waals surface area contributed by atoms with Crippen LogP contribution in [0.4, 0.5) is 0 Å². The average Bonchev–Trinajstić information content (AvgIpc) is 2.48. The summed E-state index contributed by atoms with van der Waals surface area (Å²) >= 11 is 0. The van der Waals surface area contributed by atoms with E-state index in [0.29, 0.717) is 0 Å². The molecule has 0 saturated carbocycles. The third-order valence-electron chi connectivity index (χ3n) is 3.99. The highest BCUT2D eigenvalue weighted by Gasteiger charge is 2.27. The van der Waals surface area contributed by atoms with Crippen LogP contribution in [0.2, 0.25) is 0 Å². The van der Waals surface area contributed by atoms with E-state index >= 15 is 0 Å². The summed E-state index contributed by atoms with van der Waals surface area (Å²) in [4.78, 5) is 0. The second-order valence-corrected chi connectivity index (χ2v) is 5.76. The molecule has 112 valence electrons. The minimum atomic E-state index is -0.350. The summed E-state index contributed by atoms with van der Waals surface area (Å²) in [6.45, 7) is 4.28. The van der Waals surface area contributed by atoms with Gasteiger partial charge in [0.25, 0.3) is 0 Å². The highest BCUT2D eigenvalue weighted by Crippen LogP contribution is 2.32. The normalized spacial score (nSPS) is 13.7. The summed E-state index contributed by atoms with van der Waals surface area (Å²) in [5, 5.41) is 0. The molecular weight excluding hydrogens is 258 g/mol. The predicted molar refractivity (Wildman–Crippen MR) is 88.7 cm³/mol. The van der Waals surface area contributed by atoms with E-state index < -0.39 is 0 Å². The molecule has 2 N–H and O–H groups in total. The maximum Gasteiger partial charge on any atom is 0.122 e. The Morgan fingerprint density at radius 1 is 1.10 bits per heavy atom. The molecule has 0 bridgehead atoms. The predicted octanol–water partition coefficient (Wildman–Crippen LogP) is 4.20. The number of hydrogen-bond donors (Lipinski definition) is 1. The molecule has 0 heterocycles. The van der Waals surface area contributed by atoms with Crippen molar-refractivity contribution >= 4 is 0 Å². The van der Waals surface area contributed by atoms with Crippen LogP contribution in [0.25, 0.3) is 0 Å². The second kappa shape index (κ2) is 6.77. The van der Waals surface area contributed by atoms with Gasteiger partial charge in [-0.1, -0.05) is 61.4 Å². The van der Waals surface area contributed by atoms with Crippen molar-refractivity contribution in [3.8, 4) is 5.75 Å². The van der Waals surface area contributed by atoms with Crippen LogP contribution in [0.1, 0.15) is 36.5 Å². The smallest absolute Gasteiger partial charge is 0.122 e. The Kier molecular flexibility index (Phi) is 5.03. The Hall–Kier alpha value is -1.80. The number of nitrogens with two attached hydrogens (primary N) is 1. The topological polar surface area (TPSA) is 35.2 Å². The Morgan fingerprint density at radius 2 is 1.81 bits per heavy atom. The maximum atomic E-state index is 6.78. The lowest BCUT2D eigenvalue weighted by atomic mass is 9.81. The van der Waals surface area contributed by atoms with Gasteiger partial charge in [0.15, 0.2) is 0 Å². The second-order valence-electron chi connectivity index (χ2n) is 5.76. The molecule has 2 heteroatoms. The molecule has 0 aliphatic rings. The maximum absolute atomic E-state index is 6.78. The van der Waals surface area contributed by atoms with Gasteiger partial charge < -0.3 is 10.5 Å². The molecule has 0 radical (unpaired) electrons. The third-order valence-corrected chi connectivity index (χ3v) is 3.99. The molecule has 0 saturated heterocycles. The fourth-order valence-corrected chi connectivity index (χ4v) is 2.94. The molecule has 21 heavy (non-hydrogen) atoms. The number of methoxy groups -OCH3 is 1. The molecule has 2 aromatic carbocycles. The van der Waals surface area contributed by atoms with E-state index in [-0.39, 0.29) is 5.54 Å². The first-order chi connectivity index (χ1) is 10.1. The summed E-state index contributed by atoms with van der Waals surface area (Å²) in [5.74, 6) is 0.919. The lowest BCUT2D eigenvalue weighted by Crippen LogP contribution is -2.39. The molecule has 0 spiro atoms. The number of ether oxygens (including phenoxy) is 1. The summed E-state index contributed by atoms with van der Waals surface area (Å²) < 4.78 is 5.50. The van der Waals surface area contributed by atoms with Crippen molar-refractivity contribution < 1.29 is 4.74 Å². The largest absolute Gasteiger partial charge is 0.496 e. The van der Waals surface area contributed by atoms with E-state index in [4.69, 9.17) is 10.5 Å². The summed E-state index contributed by atoms with van der Waals surface area (Å²) in [5.41, 5.74) is 10.0. The first-order valence-corrected chi connectivity index (χ1v) is 7.57. The zero-order chi connectivity index (χ0) is 15.3. The van der Waals surface area contributed by atoms with Crippen LogP contribution >= 0.6 is 0 Å². The van der Waals surface area contributed by atoms with Crippen LogP contribution in [0, 0.1) is 6.92 Å². The van der Waals surface area contributed by atoms with Crippen LogP contribution in [0.5, 0.6) is 5.75 Å². The zero-order valence-electron chi connectivity index (χ0n) is 13.2. The van der Waals surface area contributed by atoms with Crippen LogP contribution < -0.4 is 10.5 Å². The molecule has 0 amide bonds. The number of benzene rings is 2. The highest BCUT2D eigenvalue weighted by atomic mass is 16.5. The van der Waals surface area contributed by atoms with E-state index in [1.165, 1.54) is 16.7 Å². The van der Waals surface area contributed by atoms with Crippen molar-refractivity contribution in [3.63, 3.8) is 0 Å². The minimum Gasteiger partial charge on any atom is -0.496 e. The quantitative estimate of drug-likeness (QED) is 0.862. The lowest BCUT2D eigenvalue weighted by Gasteiger charge is -2.31. The molecule has 2 rings (SSSR count). The van der Waals surface area contributed by atoms with Gasteiger partial charge in [0, 0.05) is 5.54 Å². The van der Waals surface area contributed by atoms with E-state index in [1.807, 2.05) is 12.1 Å². The van der Waals surface area contributed by atoms with Crippen LogP contribution in [0.15, 0.2) is 48.5 Å². The Balaban J connectivity index is 2.39. The van der Waals surface area contributed by atoms with E-state index in [0.717, 1.165) is 25.0 Å². The molecule has 0 aliphatic carbocycles. The molecule has 2 aromatic rings. The Bertz CT molecular complexity index is 579. The highest BCUT2D eigenvalue weighted by molar-refractivity contribution is 5.39. The van der Waals surface area contributed by atoms with Gasteiger partial charge in [0.05, 0.1) is 7.11 Å². The minimum absolute atomic E-state index is 0.350. The van der Waals surface area contributed by atoms with Crippen molar-refractivity contribution in [2.75, 3.05) is 7.11 Å². The molecule has 1 unspecified atom stereocenters.